The third kappa shape index (κ3) is 12.5. The van der Waals surface area contributed by atoms with Crippen LogP contribution in [0.15, 0.2) is 0 Å². The first kappa shape index (κ1) is 22.0. The Morgan fingerprint density at radius 3 is 1.68 bits per heavy atom. The molecular formula is C17H35O4P. The van der Waals surface area contributed by atoms with Crippen LogP contribution in [-0.4, -0.2) is 39.7 Å². The molecule has 0 heterocycles. The molecule has 0 saturated heterocycles. The third-order valence-electron chi connectivity index (χ3n) is 3.94. The molecule has 0 rings (SSSR count). The Morgan fingerprint density at radius 1 is 0.864 bits per heavy atom. The smallest absolute Gasteiger partial charge is 0.249 e. The first-order valence-electron chi connectivity index (χ1n) is 8.92. The van der Waals surface area contributed by atoms with Gasteiger partial charge in [-0.3, -0.25) is 0 Å². The number of aliphatic hydroxyl groups is 3. The summed E-state index contributed by atoms with van der Waals surface area (Å²) in [6.07, 6.45) is 13.9. The molecule has 0 aromatic rings. The van der Waals surface area contributed by atoms with Crippen LogP contribution in [-0.2, 0) is 0 Å². The highest BCUT2D eigenvalue weighted by Gasteiger charge is 2.16. The van der Waals surface area contributed by atoms with Crippen molar-refractivity contribution in [3.63, 3.8) is 0 Å². The summed E-state index contributed by atoms with van der Waals surface area (Å²) in [5, 5.41) is 27.2. The van der Waals surface area contributed by atoms with Gasteiger partial charge in [0.05, 0.1) is 14.4 Å². The van der Waals surface area contributed by atoms with Crippen LogP contribution >= 0.6 is 7.77 Å². The van der Waals surface area contributed by atoms with Gasteiger partial charge in [0.15, 0.2) is 6.10 Å². The van der Waals surface area contributed by atoms with E-state index in [0.29, 0.717) is 6.16 Å². The Bertz CT molecular complexity index is 282. The summed E-state index contributed by atoms with van der Waals surface area (Å²) in [7, 11) is -1.91. The standard InChI is InChI=1S/C17H35O4P/c1-2-3-4-5-6-7-8-9-10-11-12-13-14-22(21)17(20)16(19)15-18/h16,18-20H,2-15H2,1H3. The average Bonchev–Trinajstić information content (AvgIpc) is 2.54. The van der Waals surface area contributed by atoms with Gasteiger partial charge < -0.3 is 20.2 Å². The quantitative estimate of drug-likeness (QED) is 0.317. The van der Waals surface area contributed by atoms with Crippen LogP contribution in [0.2, 0.25) is 0 Å². The van der Waals surface area contributed by atoms with E-state index in [0.717, 1.165) is 19.3 Å². The van der Waals surface area contributed by atoms with E-state index in [4.69, 9.17) is 10.2 Å². The molecule has 22 heavy (non-hydrogen) atoms. The SMILES string of the molecule is CCCCCCCCCCCCCC/[P+]([O-])=C(\O)C(O)CO. The molecule has 0 amide bonds. The van der Waals surface area contributed by atoms with Crippen LogP contribution in [0.25, 0.3) is 0 Å². The maximum Gasteiger partial charge on any atom is 0.249 e. The molecular weight excluding hydrogens is 299 g/mol. The fourth-order valence-electron chi connectivity index (χ4n) is 2.46. The second-order valence-corrected chi connectivity index (χ2v) is 7.71. The molecule has 0 fully saturated rings. The molecule has 0 aliphatic rings. The minimum Gasteiger partial charge on any atom is -0.629 e. The topological polar surface area (TPSA) is 83.8 Å². The lowest BCUT2D eigenvalue weighted by atomic mass is 10.1. The van der Waals surface area contributed by atoms with Crippen molar-refractivity contribution in [1.29, 1.82) is 0 Å². The lowest BCUT2D eigenvalue weighted by Gasteiger charge is -2.06. The summed E-state index contributed by atoms with van der Waals surface area (Å²) < 4.78 is 0. The van der Waals surface area contributed by atoms with E-state index in [1.807, 2.05) is 0 Å². The van der Waals surface area contributed by atoms with E-state index < -0.39 is 26.0 Å². The number of hydrogen-bond donors (Lipinski definition) is 3. The van der Waals surface area contributed by atoms with Crippen LogP contribution in [0, 0.1) is 0 Å². The molecule has 0 radical (unpaired) electrons. The van der Waals surface area contributed by atoms with E-state index in [9.17, 15) is 10.00 Å². The average molecular weight is 334 g/mol. The number of unbranched alkanes of at least 4 members (excludes halogenated alkanes) is 11. The van der Waals surface area contributed by atoms with Crippen molar-refractivity contribution in [2.75, 3.05) is 12.8 Å². The van der Waals surface area contributed by atoms with E-state index in [-0.39, 0.29) is 0 Å². The second kappa shape index (κ2) is 15.9. The molecule has 0 aliphatic carbocycles. The first-order chi connectivity index (χ1) is 10.6. The summed E-state index contributed by atoms with van der Waals surface area (Å²) in [6.45, 7) is 1.66. The Hall–Kier alpha value is 0.0100. The molecule has 0 bridgehead atoms. The van der Waals surface area contributed by atoms with Gasteiger partial charge in [-0.25, -0.2) is 0 Å². The van der Waals surface area contributed by atoms with Crippen molar-refractivity contribution in [3.8, 4) is 0 Å². The summed E-state index contributed by atoms with van der Waals surface area (Å²) in [5.41, 5.74) is -0.458. The monoisotopic (exact) mass is 334 g/mol. The summed E-state index contributed by atoms with van der Waals surface area (Å²) in [5.74, 6) is 0. The van der Waals surface area contributed by atoms with Crippen molar-refractivity contribution in [3.05, 3.63) is 0 Å². The number of rotatable bonds is 15. The van der Waals surface area contributed by atoms with Gasteiger partial charge in [0, 0.05) is 0 Å². The Kier molecular flexibility index (Phi) is 15.9. The minimum atomic E-state index is -1.91. The zero-order chi connectivity index (χ0) is 16.6. The van der Waals surface area contributed by atoms with E-state index in [1.165, 1.54) is 57.8 Å². The van der Waals surface area contributed by atoms with Gasteiger partial charge in [0.2, 0.25) is 5.48 Å². The van der Waals surface area contributed by atoms with Crippen molar-refractivity contribution < 1.29 is 20.2 Å². The molecule has 0 aromatic heterocycles. The predicted molar refractivity (Wildman–Crippen MR) is 92.9 cm³/mol. The Morgan fingerprint density at radius 2 is 1.27 bits per heavy atom. The van der Waals surface area contributed by atoms with Gasteiger partial charge in [-0.1, -0.05) is 71.1 Å². The maximum absolute atomic E-state index is 11.6. The van der Waals surface area contributed by atoms with E-state index >= 15 is 0 Å². The van der Waals surface area contributed by atoms with E-state index in [2.05, 4.69) is 6.92 Å². The lowest BCUT2D eigenvalue weighted by Crippen LogP contribution is -2.25. The van der Waals surface area contributed by atoms with Gasteiger partial charge in [0.25, 0.3) is 0 Å². The largest absolute Gasteiger partial charge is 0.629 e. The molecule has 0 aliphatic heterocycles. The number of hydrogen-bond acceptors (Lipinski definition) is 3. The van der Waals surface area contributed by atoms with Gasteiger partial charge in [-0.05, 0) is 12.8 Å². The lowest BCUT2D eigenvalue weighted by molar-refractivity contribution is -0.153. The zero-order valence-corrected chi connectivity index (χ0v) is 15.1. The van der Waals surface area contributed by atoms with Gasteiger partial charge in [0.1, 0.15) is 6.16 Å². The first-order valence-corrected chi connectivity index (χ1v) is 10.4. The highest BCUT2D eigenvalue weighted by molar-refractivity contribution is 7.51. The van der Waals surface area contributed by atoms with Gasteiger partial charge >= 0.3 is 0 Å². The number of aliphatic hydroxyl groups excluding tert-OH is 3. The maximum atomic E-state index is 11.6. The highest BCUT2D eigenvalue weighted by atomic mass is 31.1. The van der Waals surface area contributed by atoms with Crippen molar-refractivity contribution in [2.24, 2.45) is 0 Å². The molecule has 2 atom stereocenters. The molecule has 132 valence electrons. The van der Waals surface area contributed by atoms with Gasteiger partial charge in [-0.2, -0.15) is 0 Å². The normalized spacial score (nSPS) is 14.0. The molecule has 2 unspecified atom stereocenters. The minimum absolute atomic E-state index is 0.398. The molecule has 0 spiro atoms. The second-order valence-electron chi connectivity index (χ2n) is 6.05. The fourth-order valence-corrected chi connectivity index (χ4v) is 3.61. The zero-order valence-electron chi connectivity index (χ0n) is 14.2. The van der Waals surface area contributed by atoms with Crippen LogP contribution in [0.3, 0.4) is 0 Å². The van der Waals surface area contributed by atoms with Crippen LogP contribution in [0.5, 0.6) is 0 Å². The Labute approximate surface area is 137 Å². The van der Waals surface area contributed by atoms with Crippen molar-refractivity contribution in [2.45, 2.75) is 90.1 Å². The third-order valence-corrected chi connectivity index (χ3v) is 5.47. The summed E-state index contributed by atoms with van der Waals surface area (Å²) in [4.78, 5) is 11.6. The molecule has 3 N–H and O–H groups in total. The predicted octanol–water partition coefficient (Wildman–Crippen LogP) is 3.30. The summed E-state index contributed by atoms with van der Waals surface area (Å²) >= 11 is 0. The molecule has 4 nitrogen and oxygen atoms in total. The molecule has 0 saturated carbocycles. The van der Waals surface area contributed by atoms with Crippen molar-refractivity contribution >= 4 is 13.3 Å². The van der Waals surface area contributed by atoms with Crippen molar-refractivity contribution in [1.82, 2.24) is 0 Å². The fraction of sp³-hybridized carbons (Fsp3) is 0.941. The van der Waals surface area contributed by atoms with Crippen LogP contribution in [0.1, 0.15) is 84.0 Å². The van der Waals surface area contributed by atoms with Crippen LogP contribution in [0.4, 0.5) is 0 Å². The molecule has 0 aromatic carbocycles. The highest BCUT2D eigenvalue weighted by Crippen LogP contribution is 2.19. The molecule has 5 heteroatoms. The van der Waals surface area contributed by atoms with E-state index in [1.54, 1.807) is 0 Å². The van der Waals surface area contributed by atoms with Gasteiger partial charge in [-0.15, -0.1) is 0 Å². The summed E-state index contributed by atoms with van der Waals surface area (Å²) in [6, 6.07) is 0. The van der Waals surface area contributed by atoms with Crippen LogP contribution < -0.4 is 4.89 Å². The Balaban J connectivity index is 3.37.